The van der Waals surface area contributed by atoms with Gasteiger partial charge in [-0.05, 0) is 98.7 Å². The summed E-state index contributed by atoms with van der Waals surface area (Å²) in [6, 6.07) is 0. The van der Waals surface area contributed by atoms with Gasteiger partial charge in [0.25, 0.3) is 0 Å². The Kier molecular flexibility index (Phi) is 3.95. The molecule has 24 heavy (non-hydrogen) atoms. The summed E-state index contributed by atoms with van der Waals surface area (Å²) in [6.07, 6.45) is 9.63. The second kappa shape index (κ2) is 5.56. The fourth-order valence-corrected chi connectivity index (χ4v) is 8.25. The molecule has 0 saturated heterocycles. The maximum absolute atomic E-state index is 12.2. The van der Waals surface area contributed by atoms with Crippen molar-refractivity contribution in [3.05, 3.63) is 0 Å². The SMILES string of the molecule is CC(=O)[C@H]1CC[C@H]2[C@@H]3CC[C@H]4C[C@@H](C)CC(O)[C@]4(C)[C@H]3CC[C@]12C. The Morgan fingerprint density at radius 1 is 1.00 bits per heavy atom. The topological polar surface area (TPSA) is 37.3 Å². The van der Waals surface area contributed by atoms with Crippen molar-refractivity contribution in [3.8, 4) is 0 Å². The summed E-state index contributed by atoms with van der Waals surface area (Å²) in [5.74, 6) is 4.26. The van der Waals surface area contributed by atoms with Crippen molar-refractivity contribution in [3.63, 3.8) is 0 Å². The number of hydrogen-bond donors (Lipinski definition) is 1. The number of aliphatic hydroxyl groups excluding tert-OH is 1. The molecule has 0 aromatic carbocycles. The first-order valence-corrected chi connectivity index (χ1v) is 10.5. The molecule has 4 aliphatic rings. The van der Waals surface area contributed by atoms with E-state index in [2.05, 4.69) is 20.8 Å². The van der Waals surface area contributed by atoms with E-state index in [0.29, 0.717) is 29.5 Å². The Hall–Kier alpha value is -0.370. The number of fused-ring (bicyclic) bond motifs is 5. The molecule has 0 amide bonds. The highest BCUT2D eigenvalue weighted by Gasteiger charge is 2.62. The first-order chi connectivity index (χ1) is 11.3. The lowest BCUT2D eigenvalue weighted by Crippen LogP contribution is -2.58. The fourth-order valence-electron chi connectivity index (χ4n) is 8.25. The Morgan fingerprint density at radius 3 is 2.46 bits per heavy atom. The van der Waals surface area contributed by atoms with Crippen LogP contribution >= 0.6 is 0 Å². The number of carbonyl (C=O) groups excluding carboxylic acids is 1. The van der Waals surface area contributed by atoms with Crippen molar-refractivity contribution in [2.24, 2.45) is 46.3 Å². The van der Waals surface area contributed by atoms with Crippen LogP contribution in [0, 0.1) is 46.3 Å². The van der Waals surface area contributed by atoms with Crippen LogP contribution in [0.1, 0.15) is 79.1 Å². The lowest BCUT2D eigenvalue weighted by Gasteiger charge is -2.62. The zero-order valence-corrected chi connectivity index (χ0v) is 16.1. The van der Waals surface area contributed by atoms with Gasteiger partial charge in [0.05, 0.1) is 6.10 Å². The lowest BCUT2D eigenvalue weighted by atomic mass is 9.43. The van der Waals surface area contributed by atoms with Crippen molar-refractivity contribution in [2.45, 2.75) is 85.2 Å². The molecule has 0 spiro atoms. The Bertz CT molecular complexity index is 528. The summed E-state index contributed by atoms with van der Waals surface area (Å²) >= 11 is 0. The zero-order chi connectivity index (χ0) is 17.3. The van der Waals surface area contributed by atoms with Crippen molar-refractivity contribution in [1.29, 1.82) is 0 Å². The number of Topliss-reactive ketones (excluding diaryl/α,β-unsaturated/α-hetero) is 1. The van der Waals surface area contributed by atoms with Crippen LogP contribution in [0.5, 0.6) is 0 Å². The van der Waals surface area contributed by atoms with E-state index in [4.69, 9.17) is 0 Å². The monoisotopic (exact) mass is 332 g/mol. The molecule has 0 radical (unpaired) electrons. The summed E-state index contributed by atoms with van der Waals surface area (Å²) in [4.78, 5) is 12.2. The van der Waals surface area contributed by atoms with E-state index in [-0.39, 0.29) is 16.9 Å². The average molecular weight is 333 g/mol. The lowest BCUT2D eigenvalue weighted by molar-refractivity contribution is -0.172. The van der Waals surface area contributed by atoms with E-state index in [1.807, 2.05) is 6.92 Å². The van der Waals surface area contributed by atoms with Gasteiger partial charge in [0.15, 0.2) is 0 Å². The number of aliphatic hydroxyl groups is 1. The van der Waals surface area contributed by atoms with Gasteiger partial charge in [-0.15, -0.1) is 0 Å². The number of rotatable bonds is 1. The van der Waals surface area contributed by atoms with Crippen molar-refractivity contribution in [1.82, 2.24) is 0 Å². The van der Waals surface area contributed by atoms with Gasteiger partial charge in [0.2, 0.25) is 0 Å². The van der Waals surface area contributed by atoms with Gasteiger partial charge in [-0.1, -0.05) is 20.8 Å². The van der Waals surface area contributed by atoms with Crippen LogP contribution in [0.4, 0.5) is 0 Å². The van der Waals surface area contributed by atoms with Gasteiger partial charge in [-0.3, -0.25) is 4.79 Å². The minimum Gasteiger partial charge on any atom is -0.393 e. The molecule has 136 valence electrons. The molecule has 4 aliphatic carbocycles. The minimum absolute atomic E-state index is 0.117. The largest absolute Gasteiger partial charge is 0.393 e. The van der Waals surface area contributed by atoms with E-state index in [1.54, 1.807) is 0 Å². The van der Waals surface area contributed by atoms with Gasteiger partial charge in [0.1, 0.15) is 5.78 Å². The molecule has 0 aromatic rings. The highest BCUT2D eigenvalue weighted by atomic mass is 16.3. The summed E-state index contributed by atoms with van der Waals surface area (Å²) in [6.45, 7) is 8.97. The third kappa shape index (κ3) is 2.14. The summed E-state index contributed by atoms with van der Waals surface area (Å²) in [7, 11) is 0. The normalized spacial score (nSPS) is 57.0. The Labute approximate surface area is 147 Å². The molecular weight excluding hydrogens is 296 g/mol. The molecule has 0 aliphatic heterocycles. The number of ketones is 1. The minimum atomic E-state index is -0.117. The van der Waals surface area contributed by atoms with E-state index in [9.17, 15) is 9.90 Å². The first-order valence-electron chi connectivity index (χ1n) is 10.5. The summed E-state index contributed by atoms with van der Waals surface area (Å²) in [5.41, 5.74) is 0.369. The van der Waals surface area contributed by atoms with Crippen molar-refractivity contribution < 1.29 is 9.90 Å². The molecule has 0 heterocycles. The van der Waals surface area contributed by atoms with Crippen molar-refractivity contribution >= 4 is 5.78 Å². The molecule has 0 aromatic heterocycles. The predicted molar refractivity (Wildman–Crippen MR) is 96.5 cm³/mol. The molecule has 1 N–H and O–H groups in total. The highest BCUT2D eigenvalue weighted by Crippen LogP contribution is 2.67. The molecule has 4 rings (SSSR count). The molecule has 2 heteroatoms. The number of carbonyl (C=O) groups is 1. The van der Waals surface area contributed by atoms with Crippen LogP contribution in [0.15, 0.2) is 0 Å². The van der Waals surface area contributed by atoms with Gasteiger partial charge in [0, 0.05) is 5.92 Å². The molecular formula is C22H36O2. The summed E-state index contributed by atoms with van der Waals surface area (Å²) in [5, 5.41) is 11.1. The van der Waals surface area contributed by atoms with Gasteiger partial charge in [-0.2, -0.15) is 0 Å². The van der Waals surface area contributed by atoms with E-state index in [1.165, 1.54) is 38.5 Å². The average Bonchev–Trinajstić information content (AvgIpc) is 2.86. The maximum Gasteiger partial charge on any atom is 0.133 e. The van der Waals surface area contributed by atoms with E-state index < -0.39 is 0 Å². The van der Waals surface area contributed by atoms with Crippen molar-refractivity contribution in [2.75, 3.05) is 0 Å². The molecule has 4 fully saturated rings. The quantitative estimate of drug-likeness (QED) is 0.746. The standard InChI is InChI=1S/C22H36O2/c1-13-11-15-5-6-16-18-8-7-17(14(2)23)21(18,3)10-9-19(16)22(15,4)20(24)12-13/h13,15-20,24H,5-12H2,1-4H3/t13-,15+,16+,17-,18+,19+,20?,21-,22+/m1/s1. The van der Waals surface area contributed by atoms with Crippen LogP contribution in [0.2, 0.25) is 0 Å². The van der Waals surface area contributed by atoms with Crippen LogP contribution in [-0.2, 0) is 4.79 Å². The molecule has 0 bridgehead atoms. The highest BCUT2D eigenvalue weighted by molar-refractivity contribution is 5.79. The van der Waals surface area contributed by atoms with Gasteiger partial charge >= 0.3 is 0 Å². The second-order valence-electron chi connectivity index (χ2n) is 10.4. The predicted octanol–water partition coefficient (Wildman–Crippen LogP) is 4.84. The molecule has 9 atom stereocenters. The third-order valence-electron chi connectivity index (χ3n) is 9.49. The van der Waals surface area contributed by atoms with Crippen LogP contribution < -0.4 is 0 Å². The van der Waals surface area contributed by atoms with Crippen LogP contribution in [-0.4, -0.2) is 17.0 Å². The van der Waals surface area contributed by atoms with E-state index in [0.717, 1.165) is 24.7 Å². The Morgan fingerprint density at radius 2 is 1.75 bits per heavy atom. The zero-order valence-electron chi connectivity index (χ0n) is 16.1. The first kappa shape index (κ1) is 17.1. The number of hydrogen-bond acceptors (Lipinski definition) is 2. The smallest absolute Gasteiger partial charge is 0.133 e. The second-order valence-corrected chi connectivity index (χ2v) is 10.4. The molecule has 4 saturated carbocycles. The maximum atomic E-state index is 12.2. The van der Waals surface area contributed by atoms with Crippen LogP contribution in [0.25, 0.3) is 0 Å². The third-order valence-corrected chi connectivity index (χ3v) is 9.49. The van der Waals surface area contributed by atoms with Gasteiger partial charge in [-0.25, -0.2) is 0 Å². The van der Waals surface area contributed by atoms with E-state index >= 15 is 0 Å². The summed E-state index contributed by atoms with van der Waals surface area (Å²) < 4.78 is 0. The molecule has 1 unspecified atom stereocenters. The van der Waals surface area contributed by atoms with Gasteiger partial charge < -0.3 is 5.11 Å². The fraction of sp³-hybridized carbons (Fsp3) is 0.955. The Balaban J connectivity index is 1.65. The molecule has 2 nitrogen and oxygen atoms in total. The van der Waals surface area contributed by atoms with Crippen LogP contribution in [0.3, 0.4) is 0 Å².